The molecular formula is C19H24N4O3. The molecule has 1 aromatic carbocycles. The Hall–Kier alpha value is -2.22. The van der Waals surface area contributed by atoms with Crippen LogP contribution >= 0.6 is 0 Å². The summed E-state index contributed by atoms with van der Waals surface area (Å²) in [5, 5.41) is 16.9. The number of benzene rings is 1. The number of aromatic amines is 1. The maximum Gasteiger partial charge on any atom is 0.253 e. The maximum absolute atomic E-state index is 12.9. The number of hydrogen-bond acceptors (Lipinski definition) is 5. The van der Waals surface area contributed by atoms with E-state index in [-0.39, 0.29) is 11.9 Å². The van der Waals surface area contributed by atoms with Crippen LogP contribution in [0.25, 0.3) is 11.3 Å². The molecular weight excluding hydrogens is 332 g/mol. The molecule has 7 nitrogen and oxygen atoms in total. The van der Waals surface area contributed by atoms with E-state index in [9.17, 15) is 9.90 Å². The predicted octanol–water partition coefficient (Wildman–Crippen LogP) is 0.984. The molecule has 2 saturated heterocycles. The summed E-state index contributed by atoms with van der Waals surface area (Å²) in [4.78, 5) is 17.0. The highest BCUT2D eigenvalue weighted by Gasteiger charge is 2.33. The van der Waals surface area contributed by atoms with Crippen LogP contribution in [0.5, 0.6) is 0 Å². The van der Waals surface area contributed by atoms with Crippen molar-refractivity contribution in [1.82, 2.24) is 20.0 Å². The van der Waals surface area contributed by atoms with Crippen molar-refractivity contribution in [2.24, 2.45) is 0 Å². The number of aliphatic hydroxyl groups excluding tert-OH is 1. The Morgan fingerprint density at radius 3 is 2.65 bits per heavy atom. The third kappa shape index (κ3) is 3.51. The first-order chi connectivity index (χ1) is 12.7. The van der Waals surface area contributed by atoms with Crippen LogP contribution in [0.3, 0.4) is 0 Å². The molecule has 1 amide bonds. The van der Waals surface area contributed by atoms with Crippen molar-refractivity contribution < 1.29 is 14.6 Å². The average Bonchev–Trinajstić information content (AvgIpc) is 3.29. The fraction of sp³-hybridized carbons (Fsp3) is 0.474. The van der Waals surface area contributed by atoms with E-state index < -0.39 is 6.10 Å². The molecule has 7 heteroatoms. The third-order valence-electron chi connectivity index (χ3n) is 5.25. The van der Waals surface area contributed by atoms with Crippen molar-refractivity contribution in [1.29, 1.82) is 0 Å². The van der Waals surface area contributed by atoms with Gasteiger partial charge in [-0.05, 0) is 30.2 Å². The molecule has 2 atom stereocenters. The number of nitrogens with zero attached hydrogens (tertiary/aromatic N) is 3. The lowest BCUT2D eigenvalue weighted by Crippen LogP contribution is -2.45. The smallest absolute Gasteiger partial charge is 0.253 e. The summed E-state index contributed by atoms with van der Waals surface area (Å²) >= 11 is 0. The Labute approximate surface area is 152 Å². The van der Waals surface area contributed by atoms with Gasteiger partial charge in [-0.15, -0.1) is 0 Å². The lowest BCUT2D eigenvalue weighted by molar-refractivity contribution is 0.0725. The average molecular weight is 356 g/mol. The second-order valence-corrected chi connectivity index (χ2v) is 6.90. The first kappa shape index (κ1) is 17.2. The van der Waals surface area contributed by atoms with Crippen molar-refractivity contribution in [3.63, 3.8) is 0 Å². The minimum atomic E-state index is -0.424. The molecule has 138 valence electrons. The number of nitrogens with one attached hydrogen (secondary N) is 1. The van der Waals surface area contributed by atoms with Gasteiger partial charge in [0.1, 0.15) is 0 Å². The summed E-state index contributed by atoms with van der Waals surface area (Å²) in [5.74, 6) is 0.0613. The molecule has 4 rings (SSSR count). The van der Waals surface area contributed by atoms with E-state index in [0.717, 1.165) is 37.3 Å². The van der Waals surface area contributed by atoms with Crippen LogP contribution in [0.2, 0.25) is 0 Å². The van der Waals surface area contributed by atoms with Crippen LogP contribution in [-0.4, -0.2) is 82.5 Å². The Kier molecular flexibility index (Phi) is 5.01. The van der Waals surface area contributed by atoms with Crippen molar-refractivity contribution in [3.05, 3.63) is 42.1 Å². The quantitative estimate of drug-likeness (QED) is 0.857. The first-order valence-corrected chi connectivity index (χ1v) is 9.11. The minimum Gasteiger partial charge on any atom is -0.389 e. The standard InChI is InChI=1S/C19H24N4O3/c24-18-13-26-12-17(18)22-8-1-9-23(11-10-22)19(25)15-4-2-14(3-5-15)16-6-7-20-21-16/h2-7,17-18,24H,1,8-13H2,(H,20,21)/t17-,18-/m0/s1. The number of ether oxygens (including phenoxy) is 1. The van der Waals surface area contributed by atoms with E-state index in [1.807, 2.05) is 35.2 Å². The van der Waals surface area contributed by atoms with E-state index in [1.54, 1.807) is 6.20 Å². The molecule has 2 N–H and O–H groups in total. The normalized spacial score (nSPS) is 24.6. The van der Waals surface area contributed by atoms with Gasteiger partial charge in [0, 0.05) is 37.9 Å². The van der Waals surface area contributed by atoms with Crippen molar-refractivity contribution in [2.45, 2.75) is 18.6 Å². The molecule has 0 saturated carbocycles. The molecule has 26 heavy (non-hydrogen) atoms. The number of aromatic nitrogens is 2. The maximum atomic E-state index is 12.9. The van der Waals surface area contributed by atoms with Gasteiger partial charge in [0.15, 0.2) is 0 Å². The number of hydrogen-bond donors (Lipinski definition) is 2. The van der Waals surface area contributed by atoms with E-state index >= 15 is 0 Å². The number of rotatable bonds is 3. The fourth-order valence-corrected chi connectivity index (χ4v) is 3.74. The monoisotopic (exact) mass is 356 g/mol. The molecule has 0 aliphatic carbocycles. The molecule has 0 unspecified atom stereocenters. The summed E-state index contributed by atoms with van der Waals surface area (Å²) in [7, 11) is 0. The van der Waals surface area contributed by atoms with Crippen LogP contribution in [-0.2, 0) is 4.74 Å². The summed E-state index contributed by atoms with van der Waals surface area (Å²) in [6.45, 7) is 4.04. The molecule has 0 bridgehead atoms. The zero-order valence-electron chi connectivity index (χ0n) is 14.7. The van der Waals surface area contributed by atoms with Crippen LogP contribution in [0, 0.1) is 0 Å². The Morgan fingerprint density at radius 2 is 1.96 bits per heavy atom. The lowest BCUT2D eigenvalue weighted by Gasteiger charge is -2.28. The van der Waals surface area contributed by atoms with E-state index in [2.05, 4.69) is 15.1 Å². The molecule has 2 aliphatic rings. The Morgan fingerprint density at radius 1 is 1.12 bits per heavy atom. The van der Waals surface area contributed by atoms with Crippen molar-refractivity contribution in [3.8, 4) is 11.3 Å². The number of carbonyl (C=O) groups is 1. The number of carbonyl (C=O) groups excluding carboxylic acids is 1. The molecule has 1 aromatic heterocycles. The predicted molar refractivity (Wildman–Crippen MR) is 96.7 cm³/mol. The summed E-state index contributed by atoms with van der Waals surface area (Å²) in [5.41, 5.74) is 2.65. The number of amides is 1. The molecule has 0 spiro atoms. The zero-order chi connectivity index (χ0) is 17.9. The van der Waals surface area contributed by atoms with Gasteiger partial charge in [0.2, 0.25) is 0 Å². The van der Waals surface area contributed by atoms with E-state index in [0.29, 0.717) is 25.3 Å². The van der Waals surface area contributed by atoms with Gasteiger partial charge in [-0.1, -0.05) is 12.1 Å². The Bertz CT molecular complexity index is 732. The highest BCUT2D eigenvalue weighted by atomic mass is 16.5. The third-order valence-corrected chi connectivity index (χ3v) is 5.25. The zero-order valence-corrected chi connectivity index (χ0v) is 14.7. The topological polar surface area (TPSA) is 81.7 Å². The van der Waals surface area contributed by atoms with Gasteiger partial charge in [0.05, 0.1) is 31.1 Å². The highest BCUT2D eigenvalue weighted by molar-refractivity contribution is 5.94. The van der Waals surface area contributed by atoms with Gasteiger partial charge in [-0.2, -0.15) is 5.10 Å². The van der Waals surface area contributed by atoms with Gasteiger partial charge < -0.3 is 14.7 Å². The van der Waals surface area contributed by atoms with Crippen molar-refractivity contribution in [2.75, 3.05) is 39.4 Å². The minimum absolute atomic E-state index is 0.0544. The molecule has 2 fully saturated rings. The van der Waals surface area contributed by atoms with Crippen LogP contribution < -0.4 is 0 Å². The summed E-state index contributed by atoms with van der Waals surface area (Å²) in [6.07, 6.45) is 2.19. The molecule has 2 aliphatic heterocycles. The first-order valence-electron chi connectivity index (χ1n) is 9.11. The van der Waals surface area contributed by atoms with Gasteiger partial charge >= 0.3 is 0 Å². The number of H-pyrrole nitrogens is 1. The van der Waals surface area contributed by atoms with Gasteiger partial charge in [-0.25, -0.2) is 0 Å². The summed E-state index contributed by atoms with van der Waals surface area (Å²) < 4.78 is 5.37. The van der Waals surface area contributed by atoms with E-state index in [1.165, 1.54) is 0 Å². The largest absolute Gasteiger partial charge is 0.389 e. The SMILES string of the molecule is O=C(c1ccc(-c2ccn[nH]2)cc1)N1CCCN([C@H]2COC[C@@H]2O)CC1. The Balaban J connectivity index is 1.40. The van der Waals surface area contributed by atoms with Crippen LogP contribution in [0.15, 0.2) is 36.5 Å². The highest BCUT2D eigenvalue weighted by Crippen LogP contribution is 2.19. The van der Waals surface area contributed by atoms with Crippen molar-refractivity contribution >= 4 is 5.91 Å². The van der Waals surface area contributed by atoms with Gasteiger partial charge in [-0.3, -0.25) is 14.8 Å². The van der Waals surface area contributed by atoms with Gasteiger partial charge in [0.25, 0.3) is 5.91 Å². The van der Waals surface area contributed by atoms with Crippen LogP contribution in [0.4, 0.5) is 0 Å². The molecule has 3 heterocycles. The number of aliphatic hydroxyl groups is 1. The van der Waals surface area contributed by atoms with E-state index in [4.69, 9.17) is 4.74 Å². The second kappa shape index (κ2) is 7.57. The second-order valence-electron chi connectivity index (χ2n) is 6.90. The molecule has 0 radical (unpaired) electrons. The lowest BCUT2D eigenvalue weighted by atomic mass is 10.1. The summed E-state index contributed by atoms with van der Waals surface area (Å²) in [6, 6.07) is 9.58. The molecule has 2 aromatic rings. The van der Waals surface area contributed by atoms with Crippen LogP contribution in [0.1, 0.15) is 16.8 Å². The fourth-order valence-electron chi connectivity index (χ4n) is 3.74.